The maximum absolute atomic E-state index is 5.38. The van der Waals surface area contributed by atoms with E-state index in [0.717, 1.165) is 17.3 Å². The van der Waals surface area contributed by atoms with E-state index in [1.807, 2.05) is 42.7 Å². The first kappa shape index (κ1) is 10.9. The summed E-state index contributed by atoms with van der Waals surface area (Å²) >= 11 is 5.15. The van der Waals surface area contributed by atoms with Crippen LogP contribution in [-0.4, -0.2) is 21.4 Å². The molecule has 1 aromatic carbocycles. The number of hydrogen-bond donors (Lipinski definition) is 1. The molecule has 0 saturated heterocycles. The normalized spacial score (nSPS) is 10.4. The summed E-state index contributed by atoms with van der Waals surface area (Å²) in [5.74, 6) is 1.70. The Labute approximate surface area is 98.9 Å². The Hall–Kier alpha value is -1.62. The van der Waals surface area contributed by atoms with E-state index in [4.69, 9.17) is 17.0 Å². The first-order valence-electron chi connectivity index (χ1n) is 5.09. The third-order valence-corrected chi connectivity index (χ3v) is 2.52. The lowest BCUT2D eigenvalue weighted by atomic mass is 10.3. The zero-order chi connectivity index (χ0) is 11.5. The van der Waals surface area contributed by atoms with Gasteiger partial charge in [-0.15, -0.1) is 0 Å². The monoisotopic (exact) mass is 235 g/mol. The van der Waals surface area contributed by atoms with E-state index in [1.54, 1.807) is 0 Å². The quantitative estimate of drug-likeness (QED) is 0.832. The van der Waals surface area contributed by atoms with Crippen LogP contribution in [0.15, 0.2) is 24.3 Å². The van der Waals surface area contributed by atoms with Gasteiger partial charge < -0.3 is 4.74 Å². The van der Waals surface area contributed by atoms with E-state index >= 15 is 0 Å². The van der Waals surface area contributed by atoms with Crippen LogP contribution in [0.5, 0.6) is 5.75 Å². The smallest absolute Gasteiger partial charge is 0.199 e. The van der Waals surface area contributed by atoms with Crippen molar-refractivity contribution in [3.05, 3.63) is 34.9 Å². The zero-order valence-corrected chi connectivity index (χ0v) is 10.0. The van der Waals surface area contributed by atoms with Gasteiger partial charge in [0.05, 0.1) is 6.61 Å². The molecule has 0 aliphatic rings. The molecule has 0 spiro atoms. The maximum Gasteiger partial charge on any atom is 0.199 e. The predicted octanol–water partition coefficient (Wildman–Crippen LogP) is 2.64. The van der Waals surface area contributed by atoms with Gasteiger partial charge in [0.25, 0.3) is 0 Å². The summed E-state index contributed by atoms with van der Waals surface area (Å²) in [6.07, 6.45) is 0. The van der Waals surface area contributed by atoms with Crippen LogP contribution in [0.2, 0.25) is 0 Å². The molecule has 16 heavy (non-hydrogen) atoms. The number of aromatic nitrogens is 3. The topological polar surface area (TPSA) is 42.8 Å². The summed E-state index contributed by atoms with van der Waals surface area (Å²) in [5, 5.41) is 6.83. The fraction of sp³-hybridized carbons (Fsp3) is 0.273. The van der Waals surface area contributed by atoms with Gasteiger partial charge in [0.15, 0.2) is 4.77 Å². The minimum absolute atomic E-state index is 0.599. The van der Waals surface area contributed by atoms with Crippen LogP contribution in [-0.2, 0) is 0 Å². The van der Waals surface area contributed by atoms with Crippen LogP contribution < -0.4 is 4.74 Å². The van der Waals surface area contributed by atoms with Crippen LogP contribution in [0.3, 0.4) is 0 Å². The highest BCUT2D eigenvalue weighted by atomic mass is 32.1. The van der Waals surface area contributed by atoms with Gasteiger partial charge in [-0.2, -0.15) is 5.10 Å². The fourth-order valence-electron chi connectivity index (χ4n) is 1.54. The molecule has 84 valence electrons. The van der Waals surface area contributed by atoms with E-state index in [0.29, 0.717) is 11.4 Å². The Balaban J connectivity index is 2.39. The highest BCUT2D eigenvalue weighted by Crippen LogP contribution is 2.16. The van der Waals surface area contributed by atoms with Gasteiger partial charge in [-0.3, -0.25) is 9.67 Å². The van der Waals surface area contributed by atoms with Crippen molar-refractivity contribution in [2.24, 2.45) is 0 Å². The third kappa shape index (κ3) is 1.99. The molecular formula is C11H13N3OS. The Morgan fingerprint density at radius 2 is 2.06 bits per heavy atom. The summed E-state index contributed by atoms with van der Waals surface area (Å²) in [5.41, 5.74) is 0.986. The van der Waals surface area contributed by atoms with Crippen LogP contribution in [0.25, 0.3) is 5.69 Å². The Morgan fingerprint density at radius 1 is 1.38 bits per heavy atom. The SMILES string of the molecule is CCOc1ccc(-n2c(C)n[nH]c2=S)cc1. The number of ether oxygens (including phenoxy) is 1. The summed E-state index contributed by atoms with van der Waals surface area (Å²) in [7, 11) is 0. The van der Waals surface area contributed by atoms with Crippen LogP contribution in [0.4, 0.5) is 0 Å². The van der Waals surface area contributed by atoms with Crippen molar-refractivity contribution >= 4 is 12.2 Å². The van der Waals surface area contributed by atoms with Gasteiger partial charge in [0, 0.05) is 5.69 Å². The second-order valence-corrected chi connectivity index (χ2v) is 3.72. The zero-order valence-electron chi connectivity index (χ0n) is 9.23. The van der Waals surface area contributed by atoms with E-state index in [-0.39, 0.29) is 0 Å². The molecule has 4 nitrogen and oxygen atoms in total. The summed E-state index contributed by atoms with van der Waals surface area (Å²) in [6.45, 7) is 4.54. The lowest BCUT2D eigenvalue weighted by molar-refractivity contribution is 0.340. The minimum Gasteiger partial charge on any atom is -0.494 e. The van der Waals surface area contributed by atoms with Crippen LogP contribution in [0, 0.1) is 11.7 Å². The molecule has 0 amide bonds. The number of nitrogens with one attached hydrogen (secondary N) is 1. The molecule has 0 saturated carbocycles. The predicted molar refractivity (Wildman–Crippen MR) is 64.7 cm³/mol. The van der Waals surface area contributed by atoms with E-state index in [2.05, 4.69) is 10.2 Å². The van der Waals surface area contributed by atoms with Gasteiger partial charge in [0.2, 0.25) is 0 Å². The van der Waals surface area contributed by atoms with Crippen molar-refractivity contribution in [2.75, 3.05) is 6.61 Å². The molecule has 0 aliphatic carbocycles. The molecule has 1 N–H and O–H groups in total. The Kier molecular flexibility index (Phi) is 3.05. The lowest BCUT2D eigenvalue weighted by Gasteiger charge is -2.06. The minimum atomic E-state index is 0.599. The van der Waals surface area contributed by atoms with Gasteiger partial charge in [-0.1, -0.05) is 0 Å². The average Bonchev–Trinajstić information content (AvgIpc) is 2.61. The van der Waals surface area contributed by atoms with Crippen molar-refractivity contribution in [3.8, 4) is 11.4 Å². The van der Waals surface area contributed by atoms with Crippen molar-refractivity contribution in [1.82, 2.24) is 14.8 Å². The lowest BCUT2D eigenvalue weighted by Crippen LogP contribution is -1.97. The summed E-state index contributed by atoms with van der Waals surface area (Å²) in [4.78, 5) is 0. The molecule has 1 aromatic heterocycles. The van der Waals surface area contributed by atoms with E-state index in [1.165, 1.54) is 0 Å². The molecule has 0 aliphatic heterocycles. The molecule has 0 unspecified atom stereocenters. The van der Waals surface area contributed by atoms with Crippen molar-refractivity contribution in [1.29, 1.82) is 0 Å². The highest BCUT2D eigenvalue weighted by Gasteiger charge is 2.03. The largest absolute Gasteiger partial charge is 0.494 e. The number of benzene rings is 1. The first-order chi connectivity index (χ1) is 7.72. The van der Waals surface area contributed by atoms with E-state index in [9.17, 15) is 0 Å². The fourth-order valence-corrected chi connectivity index (χ4v) is 1.82. The Morgan fingerprint density at radius 3 is 2.56 bits per heavy atom. The van der Waals surface area contributed by atoms with Gasteiger partial charge >= 0.3 is 0 Å². The molecule has 0 radical (unpaired) electrons. The molecule has 0 bridgehead atoms. The number of rotatable bonds is 3. The third-order valence-electron chi connectivity index (χ3n) is 2.25. The Bertz CT molecular complexity index is 527. The highest BCUT2D eigenvalue weighted by molar-refractivity contribution is 7.71. The second kappa shape index (κ2) is 4.49. The van der Waals surface area contributed by atoms with Crippen LogP contribution in [0.1, 0.15) is 12.7 Å². The first-order valence-corrected chi connectivity index (χ1v) is 5.50. The number of H-pyrrole nitrogens is 1. The number of aromatic amines is 1. The molecule has 5 heteroatoms. The molecule has 1 heterocycles. The maximum atomic E-state index is 5.38. The van der Waals surface area contributed by atoms with Gasteiger partial charge in [-0.25, -0.2) is 0 Å². The second-order valence-electron chi connectivity index (χ2n) is 3.34. The standard InChI is InChI=1S/C11H13N3OS/c1-3-15-10-6-4-9(5-7-10)14-8(2)12-13-11(14)16/h4-7H,3H2,1-2H3,(H,13,16). The number of aryl methyl sites for hydroxylation is 1. The average molecular weight is 235 g/mol. The van der Waals surface area contributed by atoms with E-state index < -0.39 is 0 Å². The number of nitrogens with zero attached hydrogens (tertiary/aromatic N) is 2. The van der Waals surface area contributed by atoms with Crippen molar-refractivity contribution < 1.29 is 4.74 Å². The summed E-state index contributed by atoms with van der Waals surface area (Å²) < 4.78 is 7.86. The van der Waals surface area contributed by atoms with Crippen molar-refractivity contribution in [2.45, 2.75) is 13.8 Å². The van der Waals surface area contributed by atoms with Gasteiger partial charge in [-0.05, 0) is 50.3 Å². The molecule has 0 atom stereocenters. The molecule has 2 aromatic rings. The number of hydrogen-bond acceptors (Lipinski definition) is 3. The van der Waals surface area contributed by atoms with Gasteiger partial charge in [0.1, 0.15) is 11.6 Å². The van der Waals surface area contributed by atoms with Crippen LogP contribution >= 0.6 is 12.2 Å². The van der Waals surface area contributed by atoms with Crippen molar-refractivity contribution in [3.63, 3.8) is 0 Å². The molecular weight excluding hydrogens is 222 g/mol. The molecule has 0 fully saturated rings. The summed E-state index contributed by atoms with van der Waals surface area (Å²) in [6, 6.07) is 7.77. The molecule has 2 rings (SSSR count).